The molecule has 5 rings (SSSR count). The molecule has 3 aromatic rings. The van der Waals surface area contributed by atoms with Crippen LogP contribution in [0.25, 0.3) is 11.0 Å². The molecule has 2 aliphatic heterocycles. The molecule has 1 fully saturated rings. The lowest BCUT2D eigenvalue weighted by Gasteiger charge is -2.15. The molecule has 9 heteroatoms. The lowest BCUT2D eigenvalue weighted by atomic mass is 10.2. The second-order valence-electron chi connectivity index (χ2n) is 7.21. The van der Waals surface area contributed by atoms with E-state index in [1.165, 1.54) is 0 Å². The van der Waals surface area contributed by atoms with Gasteiger partial charge in [0.25, 0.3) is 0 Å². The third kappa shape index (κ3) is 3.47. The predicted octanol–water partition coefficient (Wildman–Crippen LogP) is 3.49. The second kappa shape index (κ2) is 7.95. The SMILES string of the molecule is Cc1c(C)n(CC2CNC(=O)O2)c2c(OCc3ccc4c(c3)OCO4)ccnc12.Cl. The molecule has 0 bridgehead atoms. The zero-order chi connectivity index (χ0) is 20.0. The highest BCUT2D eigenvalue weighted by molar-refractivity contribution is 5.86. The number of nitrogens with zero attached hydrogens (tertiary/aromatic N) is 2. The van der Waals surface area contributed by atoms with Gasteiger partial charge in [0, 0.05) is 18.0 Å². The molecule has 2 aromatic heterocycles. The Bertz CT molecular complexity index is 1110. The number of carbonyl (C=O) groups is 1. The Morgan fingerprint density at radius 1 is 1.23 bits per heavy atom. The average Bonchev–Trinajstić information content (AvgIpc) is 3.42. The fourth-order valence-corrected chi connectivity index (χ4v) is 3.79. The molecular weight excluding hydrogens is 410 g/mol. The van der Waals surface area contributed by atoms with Crippen molar-refractivity contribution >= 4 is 29.5 Å². The number of amides is 1. The predicted molar refractivity (Wildman–Crippen MR) is 112 cm³/mol. The summed E-state index contributed by atoms with van der Waals surface area (Å²) in [5, 5.41) is 2.70. The van der Waals surface area contributed by atoms with Gasteiger partial charge in [0.1, 0.15) is 24.0 Å². The molecule has 1 aromatic carbocycles. The van der Waals surface area contributed by atoms with Crippen molar-refractivity contribution < 1.29 is 23.7 Å². The van der Waals surface area contributed by atoms with E-state index in [0.29, 0.717) is 19.7 Å². The lowest BCUT2D eigenvalue weighted by molar-refractivity contribution is 0.131. The van der Waals surface area contributed by atoms with Crippen molar-refractivity contribution in [3.8, 4) is 17.2 Å². The molecule has 0 aliphatic carbocycles. The summed E-state index contributed by atoms with van der Waals surface area (Å²) in [6, 6.07) is 7.65. The summed E-state index contributed by atoms with van der Waals surface area (Å²) in [5.74, 6) is 2.22. The molecule has 1 atom stereocenters. The zero-order valence-corrected chi connectivity index (χ0v) is 17.5. The summed E-state index contributed by atoms with van der Waals surface area (Å²) in [5.41, 5.74) is 4.95. The number of hydrogen-bond acceptors (Lipinski definition) is 6. The van der Waals surface area contributed by atoms with Crippen LogP contribution in [0.15, 0.2) is 30.5 Å². The maximum Gasteiger partial charge on any atom is 0.407 e. The summed E-state index contributed by atoms with van der Waals surface area (Å²) in [6.45, 7) is 5.76. The first-order valence-electron chi connectivity index (χ1n) is 9.50. The van der Waals surface area contributed by atoms with Crippen molar-refractivity contribution in [2.75, 3.05) is 13.3 Å². The van der Waals surface area contributed by atoms with Gasteiger partial charge in [0.05, 0.1) is 18.6 Å². The molecular formula is C21H22ClN3O5. The summed E-state index contributed by atoms with van der Waals surface area (Å²) >= 11 is 0. The first-order valence-corrected chi connectivity index (χ1v) is 9.50. The molecule has 1 saturated heterocycles. The number of fused-ring (bicyclic) bond motifs is 2. The van der Waals surface area contributed by atoms with E-state index in [1.54, 1.807) is 6.20 Å². The highest BCUT2D eigenvalue weighted by Gasteiger charge is 2.26. The Kier molecular flexibility index (Phi) is 5.34. The van der Waals surface area contributed by atoms with E-state index < -0.39 is 0 Å². The van der Waals surface area contributed by atoms with Gasteiger partial charge in [0.15, 0.2) is 11.5 Å². The Balaban J connectivity index is 0.00000218. The fraction of sp³-hybridized carbons (Fsp3) is 0.333. The van der Waals surface area contributed by atoms with Gasteiger partial charge in [0.2, 0.25) is 6.79 Å². The van der Waals surface area contributed by atoms with E-state index in [1.807, 2.05) is 38.1 Å². The van der Waals surface area contributed by atoms with E-state index in [2.05, 4.69) is 14.9 Å². The van der Waals surface area contributed by atoms with Crippen LogP contribution in [-0.4, -0.2) is 35.1 Å². The molecule has 1 amide bonds. The standard InChI is InChI=1S/C21H21N3O5.ClH/c1-12-13(2)24(9-15-8-23-21(25)29-15)20-17(5-6-22-19(12)20)26-10-14-3-4-16-18(7-14)28-11-27-16;/h3-7,15H,8-11H2,1-2H3,(H,23,25);1H. The summed E-state index contributed by atoms with van der Waals surface area (Å²) < 4.78 is 24.4. The van der Waals surface area contributed by atoms with Crippen molar-refractivity contribution in [1.82, 2.24) is 14.9 Å². The normalized spacial score (nSPS) is 16.9. The van der Waals surface area contributed by atoms with Crippen molar-refractivity contribution in [3.05, 3.63) is 47.3 Å². The number of cyclic esters (lactones) is 1. The van der Waals surface area contributed by atoms with Crippen LogP contribution in [0.3, 0.4) is 0 Å². The number of carbonyl (C=O) groups excluding carboxylic acids is 1. The van der Waals surface area contributed by atoms with Crippen LogP contribution in [0.4, 0.5) is 4.79 Å². The van der Waals surface area contributed by atoms with Crippen molar-refractivity contribution in [3.63, 3.8) is 0 Å². The zero-order valence-electron chi connectivity index (χ0n) is 16.6. The number of rotatable bonds is 5. The van der Waals surface area contributed by atoms with Gasteiger partial charge in [-0.05, 0) is 37.1 Å². The van der Waals surface area contributed by atoms with E-state index in [-0.39, 0.29) is 31.4 Å². The minimum atomic E-state index is -0.377. The fourth-order valence-electron chi connectivity index (χ4n) is 3.79. The van der Waals surface area contributed by atoms with Crippen LogP contribution in [0, 0.1) is 13.8 Å². The maximum atomic E-state index is 11.4. The molecule has 1 unspecified atom stereocenters. The van der Waals surface area contributed by atoms with Gasteiger partial charge in [-0.2, -0.15) is 0 Å². The Morgan fingerprint density at radius 2 is 2.07 bits per heavy atom. The maximum absolute atomic E-state index is 11.4. The molecule has 0 saturated carbocycles. The summed E-state index contributed by atoms with van der Waals surface area (Å²) in [6.07, 6.45) is 1.15. The van der Waals surface area contributed by atoms with Gasteiger partial charge < -0.3 is 28.8 Å². The highest BCUT2D eigenvalue weighted by atomic mass is 35.5. The largest absolute Gasteiger partial charge is 0.487 e. The van der Waals surface area contributed by atoms with E-state index in [4.69, 9.17) is 18.9 Å². The second-order valence-corrected chi connectivity index (χ2v) is 7.21. The van der Waals surface area contributed by atoms with Crippen molar-refractivity contribution in [2.45, 2.75) is 33.1 Å². The quantitative estimate of drug-likeness (QED) is 0.665. The van der Waals surface area contributed by atoms with Gasteiger partial charge in [-0.1, -0.05) is 6.07 Å². The van der Waals surface area contributed by atoms with E-state index >= 15 is 0 Å². The molecule has 2 aliphatic rings. The molecule has 0 spiro atoms. The number of benzene rings is 1. The van der Waals surface area contributed by atoms with Crippen molar-refractivity contribution in [1.29, 1.82) is 0 Å². The smallest absolute Gasteiger partial charge is 0.407 e. The van der Waals surface area contributed by atoms with E-state index in [0.717, 1.165) is 45.1 Å². The first kappa shape index (κ1) is 20.2. The molecule has 158 valence electrons. The van der Waals surface area contributed by atoms with Crippen LogP contribution in [-0.2, 0) is 17.9 Å². The number of aryl methyl sites for hydroxylation is 1. The lowest BCUT2D eigenvalue weighted by Crippen LogP contribution is -2.21. The van der Waals surface area contributed by atoms with Gasteiger partial charge in [-0.25, -0.2) is 4.79 Å². The number of ether oxygens (including phenoxy) is 4. The Morgan fingerprint density at radius 3 is 2.87 bits per heavy atom. The van der Waals surface area contributed by atoms with Crippen LogP contribution in [0.5, 0.6) is 17.2 Å². The van der Waals surface area contributed by atoms with Crippen LogP contribution in [0.2, 0.25) is 0 Å². The number of aromatic nitrogens is 2. The number of pyridine rings is 1. The molecule has 8 nitrogen and oxygen atoms in total. The van der Waals surface area contributed by atoms with E-state index in [9.17, 15) is 4.79 Å². The van der Waals surface area contributed by atoms with Gasteiger partial charge in [-0.3, -0.25) is 4.98 Å². The molecule has 4 heterocycles. The van der Waals surface area contributed by atoms with Crippen LogP contribution in [0.1, 0.15) is 16.8 Å². The van der Waals surface area contributed by atoms with Gasteiger partial charge >= 0.3 is 6.09 Å². The number of hydrogen-bond donors (Lipinski definition) is 1. The molecule has 30 heavy (non-hydrogen) atoms. The number of alkyl carbamates (subject to hydrolysis) is 1. The minimum absolute atomic E-state index is 0. The number of halogens is 1. The van der Waals surface area contributed by atoms with Crippen LogP contribution >= 0.6 is 12.4 Å². The third-order valence-corrected chi connectivity index (χ3v) is 5.43. The monoisotopic (exact) mass is 431 g/mol. The van der Waals surface area contributed by atoms with Gasteiger partial charge in [-0.15, -0.1) is 12.4 Å². The summed E-state index contributed by atoms with van der Waals surface area (Å²) in [4.78, 5) is 16.0. The minimum Gasteiger partial charge on any atom is -0.487 e. The highest BCUT2D eigenvalue weighted by Crippen LogP contribution is 2.34. The van der Waals surface area contributed by atoms with Crippen molar-refractivity contribution in [2.24, 2.45) is 0 Å². The Hall–Kier alpha value is -3.13. The first-order chi connectivity index (χ1) is 14.1. The molecule has 1 N–H and O–H groups in total. The average molecular weight is 432 g/mol. The number of nitrogens with one attached hydrogen (secondary N) is 1. The Labute approximate surface area is 179 Å². The summed E-state index contributed by atoms with van der Waals surface area (Å²) in [7, 11) is 0. The topological polar surface area (TPSA) is 83.8 Å². The van der Waals surface area contributed by atoms with Crippen LogP contribution < -0.4 is 19.5 Å². The third-order valence-electron chi connectivity index (χ3n) is 5.43. The molecule has 0 radical (unpaired) electrons.